The maximum atomic E-state index is 5.36. The van der Waals surface area contributed by atoms with Gasteiger partial charge in [0, 0.05) is 39.6 Å². The molecule has 4 aromatic rings. The second-order valence-corrected chi connectivity index (χ2v) is 15.9. The van der Waals surface area contributed by atoms with E-state index in [2.05, 4.69) is 116 Å². The van der Waals surface area contributed by atoms with Gasteiger partial charge in [-0.25, -0.2) is 0 Å². The van der Waals surface area contributed by atoms with Gasteiger partial charge < -0.3 is 24.5 Å². The van der Waals surface area contributed by atoms with E-state index in [0.29, 0.717) is 35.3 Å². The van der Waals surface area contributed by atoms with E-state index in [-0.39, 0.29) is 18.9 Å². The van der Waals surface area contributed by atoms with Crippen LogP contribution in [-0.2, 0) is 14.2 Å². The Morgan fingerprint density at radius 2 is 0.807 bits per heavy atom. The van der Waals surface area contributed by atoms with Gasteiger partial charge in [-0.3, -0.25) is 4.99 Å². The predicted molar refractivity (Wildman–Crippen MR) is 238 cm³/mol. The van der Waals surface area contributed by atoms with Crippen molar-refractivity contribution in [3.8, 4) is 0 Å². The molecule has 7 heteroatoms. The molecule has 0 bridgehead atoms. The summed E-state index contributed by atoms with van der Waals surface area (Å²) in [5.41, 5.74) is 8.86. The third kappa shape index (κ3) is 16.0. The number of amidine groups is 2. The normalized spacial score (nSPS) is 15.4. The number of nitrogens with zero attached hydrogens (tertiary/aromatic N) is 3. The van der Waals surface area contributed by atoms with E-state index in [0.717, 1.165) is 62.1 Å². The first-order valence-corrected chi connectivity index (χ1v) is 21.2. The van der Waals surface area contributed by atoms with Crippen LogP contribution >= 0.6 is 0 Å². The van der Waals surface area contributed by atoms with E-state index in [1.165, 1.54) is 60.8 Å². The van der Waals surface area contributed by atoms with E-state index in [4.69, 9.17) is 29.5 Å². The Balaban J connectivity index is 0.000000448. The van der Waals surface area contributed by atoms with Gasteiger partial charge in [-0.05, 0) is 107 Å². The third-order valence-electron chi connectivity index (χ3n) is 9.88. The number of hydrogen-bond acceptors (Lipinski definition) is 4. The smallest absolute Gasteiger partial charge is 0.435 e. The molecule has 0 atom stereocenters. The van der Waals surface area contributed by atoms with E-state index in [1.807, 2.05) is 36.4 Å². The molecule has 0 radical (unpaired) electrons. The summed E-state index contributed by atoms with van der Waals surface area (Å²) < 4.78 is 14.8. The molecule has 3 saturated heterocycles. The Hall–Kier alpha value is -3.50. The molecule has 57 heavy (non-hydrogen) atoms. The predicted octanol–water partition coefficient (Wildman–Crippen LogP) is 10.8. The molecule has 0 aliphatic carbocycles. The number of hydrogen-bond donors (Lipinski definition) is 0. The van der Waals surface area contributed by atoms with Crippen LogP contribution in [-0.4, -0.2) is 51.3 Å². The quantitative estimate of drug-likeness (QED) is 0.102. The Morgan fingerprint density at radius 1 is 0.456 bits per heavy atom. The number of rotatable bonds is 8. The maximum Gasteiger partial charge on any atom is 1.00 e. The molecule has 6 nitrogen and oxygen atoms in total. The van der Waals surface area contributed by atoms with Crippen LogP contribution in [0.2, 0.25) is 0 Å². The monoisotopic (exact) mass is 766 g/mol. The second-order valence-electron chi connectivity index (χ2n) is 15.9. The van der Waals surface area contributed by atoms with Crippen molar-refractivity contribution in [2.24, 2.45) is 9.98 Å². The Kier molecular flexibility index (Phi) is 22.2. The van der Waals surface area contributed by atoms with Crippen molar-refractivity contribution in [2.45, 2.75) is 118 Å². The minimum atomic E-state index is 0. The Bertz CT molecular complexity index is 1660. The first kappa shape index (κ1) is 47.9. The molecule has 0 aromatic heterocycles. The van der Waals surface area contributed by atoms with Crippen LogP contribution in [0.25, 0.3) is 5.32 Å². The first-order chi connectivity index (χ1) is 27.2. The topological polar surface area (TPSA) is 66.5 Å². The summed E-state index contributed by atoms with van der Waals surface area (Å²) in [6.07, 6.45) is 7.67. The summed E-state index contributed by atoms with van der Waals surface area (Å²) in [7, 11) is 0. The molecule has 3 aliphatic heterocycles. The van der Waals surface area contributed by atoms with Crippen LogP contribution in [0.3, 0.4) is 0 Å². The Morgan fingerprint density at radius 3 is 1.14 bits per heavy atom. The molecular formula is C50H68LiN3O3. The van der Waals surface area contributed by atoms with E-state index in [9.17, 15) is 0 Å². The molecule has 7 rings (SSSR count). The van der Waals surface area contributed by atoms with Gasteiger partial charge >= 0.3 is 18.9 Å². The van der Waals surface area contributed by atoms with Crippen LogP contribution in [0, 0.1) is 0 Å². The molecule has 0 saturated carbocycles. The maximum absolute atomic E-state index is 5.36. The fraction of sp³-hybridized carbons (Fsp3) is 0.480. The average Bonchev–Trinajstić information content (AvgIpc) is 4.06. The first-order valence-electron chi connectivity index (χ1n) is 21.2. The molecule has 0 unspecified atom stereocenters. The zero-order chi connectivity index (χ0) is 40.1. The summed E-state index contributed by atoms with van der Waals surface area (Å²) in [6.45, 7) is 23.8. The summed E-state index contributed by atoms with van der Waals surface area (Å²) in [6, 6.07) is 33.6. The van der Waals surface area contributed by atoms with Crippen molar-refractivity contribution in [3.63, 3.8) is 0 Å². The minimum absolute atomic E-state index is 0. The number of para-hydroxylation sites is 2. The molecule has 3 fully saturated rings. The largest absolute Gasteiger partial charge is 1.00 e. The van der Waals surface area contributed by atoms with Crippen molar-refractivity contribution < 1.29 is 33.1 Å². The van der Waals surface area contributed by atoms with Gasteiger partial charge in [0.15, 0.2) is 0 Å². The Labute approximate surface area is 357 Å². The fourth-order valence-corrected chi connectivity index (χ4v) is 6.61. The van der Waals surface area contributed by atoms with Crippen molar-refractivity contribution >= 4 is 23.0 Å². The molecule has 4 aromatic carbocycles. The third-order valence-corrected chi connectivity index (χ3v) is 9.88. The standard InChI is InChI=1S/C38H44N3.3C4H8O.Li/c1-25(2)31-21-15-22-32(26(3)4)35(31)39-37(29-17-11-9-12-18-29)41-38(30-19-13-10-14-20-30)40-36-33(27(5)6)23-16-24-34(36)28(7)8;3*1-2-4-5-3-1;/h9-28H,1-8H3;3*1-4H2;/q-1;;;;+1. The number of ether oxygens (including phenoxy) is 3. The van der Waals surface area contributed by atoms with Crippen molar-refractivity contribution in [2.75, 3.05) is 39.6 Å². The van der Waals surface area contributed by atoms with Crippen molar-refractivity contribution in [1.82, 2.24) is 0 Å². The van der Waals surface area contributed by atoms with Gasteiger partial charge in [0.1, 0.15) is 0 Å². The number of aliphatic imine (C=N–C) groups is 2. The van der Waals surface area contributed by atoms with Gasteiger partial charge in [0.2, 0.25) is 0 Å². The SMILES string of the molecule is C1CCOC1.C1CCOC1.C1CCOC1.CC(C)c1cccc(C(C)C)c1N=C(N=C([N-]c1c(C(C)C)cccc1C(C)C)c1ccccc1)c1ccccc1.[Li+]. The summed E-state index contributed by atoms with van der Waals surface area (Å²) >= 11 is 0. The zero-order valence-electron chi connectivity index (χ0n) is 36.6. The van der Waals surface area contributed by atoms with Gasteiger partial charge in [0.05, 0.1) is 11.5 Å². The van der Waals surface area contributed by atoms with E-state index >= 15 is 0 Å². The van der Waals surface area contributed by atoms with E-state index in [1.54, 1.807) is 0 Å². The van der Waals surface area contributed by atoms with Crippen molar-refractivity contribution in [1.29, 1.82) is 0 Å². The van der Waals surface area contributed by atoms with Crippen LogP contribution in [0.1, 0.15) is 151 Å². The van der Waals surface area contributed by atoms with Gasteiger partial charge in [0.25, 0.3) is 0 Å². The molecule has 3 heterocycles. The van der Waals surface area contributed by atoms with Crippen LogP contribution in [0.5, 0.6) is 0 Å². The summed E-state index contributed by atoms with van der Waals surface area (Å²) in [4.78, 5) is 10.7. The molecular weight excluding hydrogens is 698 g/mol. The van der Waals surface area contributed by atoms with Crippen molar-refractivity contribution in [3.05, 3.63) is 136 Å². The van der Waals surface area contributed by atoms with Gasteiger partial charge in [-0.1, -0.05) is 152 Å². The molecule has 3 aliphatic rings. The second kappa shape index (κ2) is 26.5. The minimum Gasteiger partial charge on any atom is -0.435 e. The average molecular weight is 766 g/mol. The van der Waals surface area contributed by atoms with Crippen LogP contribution in [0.4, 0.5) is 11.4 Å². The van der Waals surface area contributed by atoms with E-state index < -0.39 is 0 Å². The molecule has 0 spiro atoms. The van der Waals surface area contributed by atoms with Crippen LogP contribution in [0.15, 0.2) is 107 Å². The molecule has 0 N–H and O–H groups in total. The fourth-order valence-electron chi connectivity index (χ4n) is 6.61. The zero-order valence-corrected chi connectivity index (χ0v) is 36.6. The summed E-state index contributed by atoms with van der Waals surface area (Å²) in [5.74, 6) is 2.65. The van der Waals surface area contributed by atoms with Crippen LogP contribution < -0.4 is 18.9 Å². The van der Waals surface area contributed by atoms with Gasteiger partial charge in [-0.15, -0.1) is 0 Å². The molecule has 0 amide bonds. The number of benzene rings is 4. The van der Waals surface area contributed by atoms with Gasteiger partial charge in [-0.2, -0.15) is 0 Å². The summed E-state index contributed by atoms with van der Waals surface area (Å²) in [5, 5.41) is 5.36. The molecule has 302 valence electrons.